The van der Waals surface area contributed by atoms with Gasteiger partial charge < -0.3 is 10.1 Å². The molecule has 1 heterocycles. The Kier molecular flexibility index (Phi) is 4.37. The fourth-order valence-corrected chi connectivity index (χ4v) is 1.78. The first-order valence-corrected chi connectivity index (χ1v) is 6.56. The number of aromatic nitrogens is 2. The van der Waals surface area contributed by atoms with Crippen molar-refractivity contribution in [2.24, 2.45) is 0 Å². The topological polar surface area (TPSA) is 84.1 Å². The molecular weight excluding hydrogens is 270 g/mol. The zero-order valence-electron chi connectivity index (χ0n) is 12.1. The van der Waals surface area contributed by atoms with Crippen molar-refractivity contribution < 1.29 is 9.53 Å². The van der Waals surface area contributed by atoms with E-state index < -0.39 is 5.97 Å². The molecule has 0 spiro atoms. The standard InChI is InChI=1S/C15H17N3O3/c1-9(2)12-8-13(19)18-15(17-12)16-11-6-4-10(5-7-11)14(20)21-3/h4-9H,1-3H3,(H2,16,17,18,19). The number of hydrogen-bond acceptors (Lipinski definition) is 5. The summed E-state index contributed by atoms with van der Waals surface area (Å²) < 4.78 is 4.63. The molecule has 0 bridgehead atoms. The van der Waals surface area contributed by atoms with E-state index in [4.69, 9.17) is 0 Å². The first kappa shape index (κ1) is 14.8. The van der Waals surface area contributed by atoms with Gasteiger partial charge in [0.25, 0.3) is 5.56 Å². The number of esters is 1. The van der Waals surface area contributed by atoms with Crippen LogP contribution in [-0.2, 0) is 4.74 Å². The predicted octanol–water partition coefficient (Wildman–Crippen LogP) is 2.42. The minimum Gasteiger partial charge on any atom is -0.465 e. The van der Waals surface area contributed by atoms with Crippen molar-refractivity contribution in [1.82, 2.24) is 9.97 Å². The first-order valence-electron chi connectivity index (χ1n) is 6.56. The van der Waals surface area contributed by atoms with E-state index in [0.29, 0.717) is 22.9 Å². The number of nitrogens with one attached hydrogen (secondary N) is 2. The SMILES string of the molecule is COC(=O)c1ccc(Nc2nc(C(C)C)cc(=O)[nH]2)cc1. The maximum Gasteiger partial charge on any atom is 0.337 e. The van der Waals surface area contributed by atoms with Crippen molar-refractivity contribution in [3.05, 3.63) is 51.9 Å². The van der Waals surface area contributed by atoms with Gasteiger partial charge in [-0.15, -0.1) is 0 Å². The van der Waals surface area contributed by atoms with E-state index in [9.17, 15) is 9.59 Å². The van der Waals surface area contributed by atoms with Crippen LogP contribution in [0.5, 0.6) is 0 Å². The number of hydrogen-bond donors (Lipinski definition) is 2. The van der Waals surface area contributed by atoms with Crippen LogP contribution in [0.4, 0.5) is 11.6 Å². The molecular formula is C15H17N3O3. The highest BCUT2D eigenvalue weighted by molar-refractivity contribution is 5.89. The van der Waals surface area contributed by atoms with Crippen LogP contribution in [0.25, 0.3) is 0 Å². The fourth-order valence-electron chi connectivity index (χ4n) is 1.78. The molecule has 2 rings (SSSR count). The highest BCUT2D eigenvalue weighted by atomic mass is 16.5. The van der Waals surface area contributed by atoms with E-state index in [0.717, 1.165) is 0 Å². The minimum atomic E-state index is -0.394. The lowest BCUT2D eigenvalue weighted by Gasteiger charge is -2.09. The molecule has 1 aromatic heterocycles. The molecule has 0 fully saturated rings. The molecule has 0 saturated heterocycles. The monoisotopic (exact) mass is 287 g/mol. The van der Waals surface area contributed by atoms with Crippen LogP contribution in [0.1, 0.15) is 35.8 Å². The number of rotatable bonds is 4. The van der Waals surface area contributed by atoms with E-state index in [1.807, 2.05) is 13.8 Å². The summed E-state index contributed by atoms with van der Waals surface area (Å²) in [5.74, 6) is 0.140. The van der Waals surface area contributed by atoms with Crippen molar-refractivity contribution in [2.75, 3.05) is 12.4 Å². The molecule has 1 aromatic carbocycles. The summed E-state index contributed by atoms with van der Waals surface area (Å²) in [6, 6.07) is 8.19. The van der Waals surface area contributed by atoms with Crippen LogP contribution in [0.2, 0.25) is 0 Å². The second kappa shape index (κ2) is 6.21. The number of benzene rings is 1. The number of carbonyl (C=O) groups is 1. The lowest BCUT2D eigenvalue weighted by atomic mass is 10.1. The Balaban J connectivity index is 2.22. The van der Waals surface area contributed by atoms with Gasteiger partial charge >= 0.3 is 5.97 Å². The Bertz CT molecular complexity index is 690. The number of carbonyl (C=O) groups excluding carboxylic acids is 1. The third-order valence-electron chi connectivity index (χ3n) is 2.92. The molecule has 110 valence electrons. The van der Waals surface area contributed by atoms with Crippen LogP contribution in [-0.4, -0.2) is 23.0 Å². The quantitative estimate of drug-likeness (QED) is 0.844. The lowest BCUT2D eigenvalue weighted by Crippen LogP contribution is -2.12. The highest BCUT2D eigenvalue weighted by Gasteiger charge is 2.07. The van der Waals surface area contributed by atoms with E-state index in [2.05, 4.69) is 20.0 Å². The van der Waals surface area contributed by atoms with Gasteiger partial charge in [0.15, 0.2) is 0 Å². The molecule has 6 heteroatoms. The Labute approximate surface area is 122 Å². The molecule has 0 radical (unpaired) electrons. The summed E-state index contributed by atoms with van der Waals surface area (Å²) in [7, 11) is 1.33. The smallest absolute Gasteiger partial charge is 0.337 e. The molecule has 21 heavy (non-hydrogen) atoms. The average Bonchev–Trinajstić information content (AvgIpc) is 2.46. The third-order valence-corrected chi connectivity index (χ3v) is 2.92. The van der Waals surface area contributed by atoms with Crippen molar-refractivity contribution in [3.8, 4) is 0 Å². The van der Waals surface area contributed by atoms with Gasteiger partial charge in [-0.1, -0.05) is 13.8 Å². The number of ether oxygens (including phenoxy) is 1. The van der Waals surface area contributed by atoms with E-state index >= 15 is 0 Å². The highest BCUT2D eigenvalue weighted by Crippen LogP contribution is 2.16. The maximum absolute atomic E-state index is 11.6. The molecule has 0 aliphatic heterocycles. The zero-order valence-corrected chi connectivity index (χ0v) is 12.1. The largest absolute Gasteiger partial charge is 0.465 e. The van der Waals surface area contributed by atoms with Gasteiger partial charge in [0, 0.05) is 11.8 Å². The maximum atomic E-state index is 11.6. The van der Waals surface area contributed by atoms with Gasteiger partial charge in [-0.2, -0.15) is 0 Å². The Hall–Kier alpha value is -2.63. The van der Waals surface area contributed by atoms with Crippen molar-refractivity contribution >= 4 is 17.6 Å². The van der Waals surface area contributed by atoms with Gasteiger partial charge in [0.2, 0.25) is 5.95 Å². The summed E-state index contributed by atoms with van der Waals surface area (Å²) in [5, 5.41) is 3.01. The summed E-state index contributed by atoms with van der Waals surface area (Å²) in [6.45, 7) is 3.94. The normalized spacial score (nSPS) is 10.5. The Morgan fingerprint density at radius 1 is 1.29 bits per heavy atom. The molecule has 0 atom stereocenters. The van der Waals surface area contributed by atoms with E-state index in [1.54, 1.807) is 24.3 Å². The molecule has 2 aromatic rings. The molecule has 6 nitrogen and oxygen atoms in total. The van der Waals surface area contributed by atoms with E-state index in [1.165, 1.54) is 13.2 Å². The molecule has 0 unspecified atom stereocenters. The molecule has 0 aliphatic carbocycles. The summed E-state index contributed by atoms with van der Waals surface area (Å²) in [6.07, 6.45) is 0. The van der Waals surface area contributed by atoms with Crippen LogP contribution >= 0.6 is 0 Å². The van der Waals surface area contributed by atoms with Gasteiger partial charge in [0.05, 0.1) is 18.4 Å². The van der Waals surface area contributed by atoms with Gasteiger partial charge in [-0.25, -0.2) is 9.78 Å². The first-order chi connectivity index (χ1) is 9.99. The average molecular weight is 287 g/mol. The van der Waals surface area contributed by atoms with Crippen LogP contribution in [0.15, 0.2) is 35.1 Å². The Morgan fingerprint density at radius 2 is 1.95 bits per heavy atom. The zero-order chi connectivity index (χ0) is 15.4. The fraction of sp³-hybridized carbons (Fsp3) is 0.267. The van der Waals surface area contributed by atoms with Gasteiger partial charge in [-0.05, 0) is 30.2 Å². The Morgan fingerprint density at radius 3 is 2.52 bits per heavy atom. The van der Waals surface area contributed by atoms with Crippen molar-refractivity contribution in [1.29, 1.82) is 0 Å². The summed E-state index contributed by atoms with van der Waals surface area (Å²) >= 11 is 0. The number of methoxy groups -OCH3 is 1. The molecule has 0 aliphatic rings. The van der Waals surface area contributed by atoms with Gasteiger partial charge in [0.1, 0.15) is 0 Å². The number of anilines is 2. The predicted molar refractivity (Wildman–Crippen MR) is 80.0 cm³/mol. The van der Waals surface area contributed by atoms with Crippen molar-refractivity contribution in [2.45, 2.75) is 19.8 Å². The number of H-pyrrole nitrogens is 1. The second-order valence-electron chi connectivity index (χ2n) is 4.87. The van der Waals surface area contributed by atoms with E-state index in [-0.39, 0.29) is 11.5 Å². The molecule has 0 saturated carbocycles. The molecule has 0 amide bonds. The van der Waals surface area contributed by atoms with Gasteiger partial charge in [-0.3, -0.25) is 9.78 Å². The molecule has 2 N–H and O–H groups in total. The minimum absolute atomic E-state index is 0.162. The summed E-state index contributed by atoms with van der Waals surface area (Å²) in [5.41, 5.74) is 1.68. The summed E-state index contributed by atoms with van der Waals surface area (Å²) in [4.78, 5) is 29.9. The number of nitrogens with zero attached hydrogens (tertiary/aromatic N) is 1. The van der Waals surface area contributed by atoms with Crippen LogP contribution < -0.4 is 10.9 Å². The van der Waals surface area contributed by atoms with Crippen molar-refractivity contribution in [3.63, 3.8) is 0 Å². The second-order valence-corrected chi connectivity index (χ2v) is 4.87. The van der Waals surface area contributed by atoms with Crippen LogP contribution in [0.3, 0.4) is 0 Å². The van der Waals surface area contributed by atoms with Crippen LogP contribution in [0, 0.1) is 0 Å². The lowest BCUT2D eigenvalue weighted by molar-refractivity contribution is 0.0601. The number of aromatic amines is 1. The third kappa shape index (κ3) is 3.68.